The lowest BCUT2D eigenvalue weighted by atomic mass is 9.82. The summed E-state index contributed by atoms with van der Waals surface area (Å²) in [6.07, 6.45) is 6.09. The van der Waals surface area contributed by atoms with Gasteiger partial charge in [0.05, 0.1) is 17.5 Å². The molecule has 1 fully saturated rings. The number of nitrogens with one attached hydrogen (secondary N) is 1. The van der Waals surface area contributed by atoms with Crippen LogP contribution in [0.3, 0.4) is 0 Å². The molecule has 2 aliphatic carbocycles. The van der Waals surface area contributed by atoms with Crippen molar-refractivity contribution >= 4 is 17.6 Å². The molecule has 1 aromatic heterocycles. The standard InChI is InChI=1S/C15H16N2O4/c1-17-7-10(4-5-11(17)18)16-14(19)12-8-2-3-9(6-8)13(12)15(20)21/h2-5,7-9,12-13H,6H2,1H3,(H,16,19)(H,20,21). The first-order chi connectivity index (χ1) is 9.97. The minimum Gasteiger partial charge on any atom is -0.481 e. The number of carbonyl (C=O) groups is 2. The van der Waals surface area contributed by atoms with E-state index in [1.165, 1.54) is 22.9 Å². The molecule has 6 heteroatoms. The largest absolute Gasteiger partial charge is 0.481 e. The number of hydrogen-bond donors (Lipinski definition) is 2. The van der Waals surface area contributed by atoms with Crippen LogP contribution in [0.1, 0.15) is 6.42 Å². The van der Waals surface area contributed by atoms with Gasteiger partial charge in [-0.1, -0.05) is 12.2 Å². The number of rotatable bonds is 3. The highest BCUT2D eigenvalue weighted by molar-refractivity contribution is 5.96. The number of amides is 1. The predicted molar refractivity (Wildman–Crippen MR) is 75.7 cm³/mol. The van der Waals surface area contributed by atoms with Gasteiger partial charge in [0, 0.05) is 19.3 Å². The van der Waals surface area contributed by atoms with Gasteiger partial charge in [0.25, 0.3) is 0 Å². The van der Waals surface area contributed by atoms with Gasteiger partial charge >= 0.3 is 5.97 Å². The van der Waals surface area contributed by atoms with Crippen molar-refractivity contribution in [2.75, 3.05) is 5.32 Å². The first-order valence-electron chi connectivity index (χ1n) is 6.86. The highest BCUT2D eigenvalue weighted by Crippen LogP contribution is 2.48. The summed E-state index contributed by atoms with van der Waals surface area (Å²) in [5.74, 6) is -2.49. The van der Waals surface area contributed by atoms with Crippen molar-refractivity contribution in [3.05, 3.63) is 40.8 Å². The lowest BCUT2D eigenvalue weighted by molar-refractivity contribution is -0.146. The highest BCUT2D eigenvalue weighted by Gasteiger charge is 2.51. The zero-order valence-electron chi connectivity index (χ0n) is 11.5. The minimum absolute atomic E-state index is 0.0105. The molecule has 6 nitrogen and oxygen atoms in total. The van der Waals surface area contributed by atoms with Crippen molar-refractivity contribution in [2.24, 2.45) is 30.7 Å². The lowest BCUT2D eigenvalue weighted by Gasteiger charge is -2.23. The molecule has 4 atom stereocenters. The normalized spacial score (nSPS) is 29.6. The van der Waals surface area contributed by atoms with Crippen LogP contribution >= 0.6 is 0 Å². The summed E-state index contributed by atoms with van der Waals surface area (Å²) < 4.78 is 1.37. The SMILES string of the molecule is Cn1cc(NC(=O)C2C3C=CC(C3)C2C(=O)O)ccc1=O. The molecule has 1 saturated carbocycles. The van der Waals surface area contributed by atoms with Crippen molar-refractivity contribution in [2.45, 2.75) is 6.42 Å². The number of fused-ring (bicyclic) bond motifs is 2. The number of nitrogens with zero attached hydrogens (tertiary/aromatic N) is 1. The van der Waals surface area contributed by atoms with Crippen molar-refractivity contribution < 1.29 is 14.7 Å². The Labute approximate surface area is 121 Å². The third-order valence-corrected chi connectivity index (χ3v) is 4.40. The maximum absolute atomic E-state index is 12.4. The van der Waals surface area contributed by atoms with Crippen LogP contribution in [0.25, 0.3) is 0 Å². The van der Waals surface area contributed by atoms with E-state index in [1.54, 1.807) is 7.05 Å². The maximum Gasteiger partial charge on any atom is 0.307 e. The minimum atomic E-state index is -0.924. The summed E-state index contributed by atoms with van der Waals surface area (Å²) in [5, 5.41) is 12.1. The number of carboxylic acids is 1. The lowest BCUT2D eigenvalue weighted by Crippen LogP contribution is -2.36. The van der Waals surface area contributed by atoms with Gasteiger partial charge in [-0.3, -0.25) is 14.4 Å². The van der Waals surface area contributed by atoms with E-state index in [-0.39, 0.29) is 23.3 Å². The van der Waals surface area contributed by atoms with Crippen LogP contribution in [-0.2, 0) is 16.6 Å². The molecule has 0 aliphatic heterocycles. The van der Waals surface area contributed by atoms with Crippen molar-refractivity contribution in [3.63, 3.8) is 0 Å². The Kier molecular flexibility index (Phi) is 3.16. The summed E-state index contributed by atoms with van der Waals surface area (Å²) in [6.45, 7) is 0. The smallest absolute Gasteiger partial charge is 0.307 e. The van der Waals surface area contributed by atoms with E-state index in [0.29, 0.717) is 5.69 Å². The Morgan fingerprint density at radius 2 is 1.90 bits per heavy atom. The Morgan fingerprint density at radius 1 is 1.24 bits per heavy atom. The van der Waals surface area contributed by atoms with Crippen molar-refractivity contribution in [1.82, 2.24) is 4.57 Å². The van der Waals surface area contributed by atoms with Gasteiger partial charge in [-0.15, -0.1) is 0 Å². The fourth-order valence-corrected chi connectivity index (χ4v) is 3.41. The van der Waals surface area contributed by atoms with Gasteiger partial charge in [0.15, 0.2) is 0 Å². The third kappa shape index (κ3) is 2.26. The molecule has 0 saturated heterocycles. The summed E-state index contributed by atoms with van der Waals surface area (Å²) in [7, 11) is 1.60. The van der Waals surface area contributed by atoms with Gasteiger partial charge in [-0.05, 0) is 24.3 Å². The molecule has 1 aromatic rings. The molecular weight excluding hydrogens is 272 g/mol. The first-order valence-corrected chi connectivity index (χ1v) is 6.86. The van der Waals surface area contributed by atoms with Gasteiger partial charge in [0.1, 0.15) is 0 Å². The number of carbonyl (C=O) groups excluding carboxylic acids is 1. The Morgan fingerprint density at radius 3 is 2.52 bits per heavy atom. The summed E-state index contributed by atoms with van der Waals surface area (Å²) in [4.78, 5) is 35.1. The number of hydrogen-bond acceptors (Lipinski definition) is 3. The van der Waals surface area contributed by atoms with Crippen molar-refractivity contribution in [1.29, 1.82) is 0 Å². The second-order valence-electron chi connectivity index (χ2n) is 5.69. The monoisotopic (exact) mass is 288 g/mol. The van der Waals surface area contributed by atoms with Crippen LogP contribution in [0.4, 0.5) is 5.69 Å². The van der Waals surface area contributed by atoms with Crippen LogP contribution < -0.4 is 10.9 Å². The van der Waals surface area contributed by atoms with Gasteiger partial charge in [-0.2, -0.15) is 0 Å². The molecule has 0 aromatic carbocycles. The molecule has 3 rings (SSSR count). The topological polar surface area (TPSA) is 88.4 Å². The number of carboxylic acid groups (broad SMARTS) is 1. The predicted octanol–water partition coefficient (Wildman–Crippen LogP) is 0.847. The molecule has 2 N–H and O–H groups in total. The maximum atomic E-state index is 12.4. The fourth-order valence-electron chi connectivity index (χ4n) is 3.41. The summed E-state index contributed by atoms with van der Waals surface area (Å²) >= 11 is 0. The van der Waals surface area contributed by atoms with Gasteiger partial charge in [-0.25, -0.2) is 0 Å². The molecule has 2 aliphatic rings. The Hall–Kier alpha value is -2.37. The molecule has 1 heterocycles. The van der Waals surface area contributed by atoms with E-state index in [1.807, 2.05) is 12.2 Å². The van der Waals surface area contributed by atoms with Crippen molar-refractivity contribution in [3.8, 4) is 0 Å². The average molecular weight is 288 g/mol. The quantitative estimate of drug-likeness (QED) is 0.807. The summed E-state index contributed by atoms with van der Waals surface area (Å²) in [6, 6.07) is 2.89. The van der Waals surface area contributed by atoms with Crippen LogP contribution in [0.15, 0.2) is 35.3 Å². The molecule has 110 valence electrons. The molecule has 0 spiro atoms. The first kappa shape index (κ1) is 13.6. The van der Waals surface area contributed by atoms with E-state index in [9.17, 15) is 19.5 Å². The van der Waals surface area contributed by atoms with Crippen LogP contribution in [-0.4, -0.2) is 21.6 Å². The summed E-state index contributed by atoms with van der Waals surface area (Å²) in [5.41, 5.74) is 0.331. The van der Waals surface area contributed by atoms with Crippen LogP contribution in [0.2, 0.25) is 0 Å². The molecule has 1 amide bonds. The Balaban J connectivity index is 1.81. The van der Waals surface area contributed by atoms with E-state index in [0.717, 1.165) is 6.42 Å². The second-order valence-corrected chi connectivity index (χ2v) is 5.69. The Bertz CT molecular complexity index is 691. The van der Waals surface area contributed by atoms with E-state index in [4.69, 9.17) is 0 Å². The molecular formula is C15H16N2O4. The molecule has 2 bridgehead atoms. The fraction of sp³-hybridized carbons (Fsp3) is 0.400. The number of allylic oxidation sites excluding steroid dienone is 2. The number of pyridine rings is 1. The van der Waals surface area contributed by atoms with Crippen LogP contribution in [0.5, 0.6) is 0 Å². The van der Waals surface area contributed by atoms with Gasteiger partial charge in [0.2, 0.25) is 11.5 Å². The second kappa shape index (κ2) is 4.87. The highest BCUT2D eigenvalue weighted by atomic mass is 16.4. The number of anilines is 1. The van der Waals surface area contributed by atoms with E-state index >= 15 is 0 Å². The molecule has 4 unspecified atom stereocenters. The van der Waals surface area contributed by atoms with E-state index < -0.39 is 17.8 Å². The van der Waals surface area contributed by atoms with Gasteiger partial charge < -0.3 is 15.0 Å². The molecule has 0 radical (unpaired) electrons. The zero-order valence-corrected chi connectivity index (χ0v) is 11.5. The average Bonchev–Trinajstić information content (AvgIpc) is 3.03. The number of aliphatic carboxylic acids is 1. The number of aromatic nitrogens is 1. The third-order valence-electron chi connectivity index (χ3n) is 4.40. The molecule has 21 heavy (non-hydrogen) atoms. The van der Waals surface area contributed by atoms with Crippen LogP contribution in [0, 0.1) is 23.7 Å². The number of aryl methyl sites for hydroxylation is 1. The van der Waals surface area contributed by atoms with E-state index in [2.05, 4.69) is 5.32 Å². The zero-order chi connectivity index (χ0) is 15.1.